The normalized spacial score (nSPS) is 10.2. The smallest absolute Gasteiger partial charge is 0.255 e. The fourth-order valence-electron chi connectivity index (χ4n) is 1.92. The second-order valence-corrected chi connectivity index (χ2v) is 4.48. The number of hydrogen-bond donors (Lipinski definition) is 3. The lowest BCUT2D eigenvalue weighted by molar-refractivity contribution is 0.0953. The number of amides is 1. The maximum atomic E-state index is 12.0. The molecule has 0 heterocycles. The van der Waals surface area contributed by atoms with Crippen molar-refractivity contribution in [3.05, 3.63) is 53.6 Å². The first-order chi connectivity index (χ1) is 10.2. The molecule has 1 amide bonds. The van der Waals surface area contributed by atoms with Gasteiger partial charge in [-0.1, -0.05) is 18.2 Å². The van der Waals surface area contributed by atoms with Crippen molar-refractivity contribution in [2.45, 2.75) is 13.5 Å². The largest absolute Gasteiger partial charge is 0.456 e. The van der Waals surface area contributed by atoms with Crippen molar-refractivity contribution in [2.24, 2.45) is 0 Å². The number of aliphatic hydroxyl groups is 1. The summed E-state index contributed by atoms with van der Waals surface area (Å²) < 4.78 is 5.78. The first kappa shape index (κ1) is 14.9. The molecule has 0 bridgehead atoms. The number of anilines is 1. The fourth-order valence-corrected chi connectivity index (χ4v) is 1.92. The van der Waals surface area contributed by atoms with E-state index in [1.165, 1.54) is 0 Å². The molecule has 2 rings (SSSR count). The molecule has 0 spiro atoms. The highest BCUT2D eigenvalue weighted by Crippen LogP contribution is 2.30. The Bertz CT molecular complexity index is 641. The Morgan fingerprint density at radius 3 is 2.71 bits per heavy atom. The number of carbonyl (C=O) groups is 1. The van der Waals surface area contributed by atoms with Crippen LogP contribution in [-0.2, 0) is 6.61 Å². The van der Waals surface area contributed by atoms with Gasteiger partial charge in [0.1, 0.15) is 11.5 Å². The van der Waals surface area contributed by atoms with Crippen LogP contribution in [0, 0.1) is 0 Å². The summed E-state index contributed by atoms with van der Waals surface area (Å²) in [6.45, 7) is 2.22. The van der Waals surface area contributed by atoms with Gasteiger partial charge in [0.15, 0.2) is 0 Å². The van der Waals surface area contributed by atoms with Crippen molar-refractivity contribution >= 4 is 11.6 Å². The average Bonchev–Trinajstić information content (AvgIpc) is 2.48. The summed E-state index contributed by atoms with van der Waals surface area (Å²) in [7, 11) is 0. The second-order valence-electron chi connectivity index (χ2n) is 4.48. The van der Waals surface area contributed by atoms with Crippen LogP contribution in [0.3, 0.4) is 0 Å². The van der Waals surface area contributed by atoms with Crippen molar-refractivity contribution in [2.75, 3.05) is 12.3 Å². The van der Waals surface area contributed by atoms with Crippen LogP contribution in [0.5, 0.6) is 11.5 Å². The summed E-state index contributed by atoms with van der Waals surface area (Å²) in [6.07, 6.45) is 0. The number of nitrogen functional groups attached to an aromatic ring is 1. The molecule has 0 unspecified atom stereocenters. The van der Waals surface area contributed by atoms with Gasteiger partial charge in [0, 0.05) is 23.9 Å². The third-order valence-electron chi connectivity index (χ3n) is 2.95. The standard InChI is InChI=1S/C16H18N2O3/c1-2-18-16(20)13-8-7-12(17)9-15(13)21-14-6-4-3-5-11(14)10-19/h3-9,19H,2,10,17H2,1H3,(H,18,20). The minimum absolute atomic E-state index is 0.144. The number of rotatable bonds is 5. The van der Waals surface area contributed by atoms with Gasteiger partial charge in [0.05, 0.1) is 12.2 Å². The van der Waals surface area contributed by atoms with E-state index < -0.39 is 0 Å². The number of carbonyl (C=O) groups excluding carboxylic acids is 1. The third-order valence-corrected chi connectivity index (χ3v) is 2.95. The number of hydrogen-bond acceptors (Lipinski definition) is 4. The minimum Gasteiger partial charge on any atom is -0.456 e. The molecule has 21 heavy (non-hydrogen) atoms. The average molecular weight is 286 g/mol. The van der Waals surface area contributed by atoms with E-state index in [2.05, 4.69) is 5.32 Å². The number of ether oxygens (including phenoxy) is 1. The van der Waals surface area contributed by atoms with Crippen LogP contribution < -0.4 is 15.8 Å². The van der Waals surface area contributed by atoms with Crippen LogP contribution in [-0.4, -0.2) is 17.6 Å². The molecule has 0 saturated carbocycles. The molecule has 0 atom stereocenters. The second kappa shape index (κ2) is 6.76. The molecule has 110 valence electrons. The molecule has 2 aromatic rings. The lowest BCUT2D eigenvalue weighted by Gasteiger charge is -2.13. The molecule has 2 aromatic carbocycles. The summed E-state index contributed by atoms with van der Waals surface area (Å²) in [6, 6.07) is 12.0. The van der Waals surface area contributed by atoms with Crippen LogP contribution in [0.15, 0.2) is 42.5 Å². The van der Waals surface area contributed by atoms with Gasteiger partial charge >= 0.3 is 0 Å². The topological polar surface area (TPSA) is 84.6 Å². The van der Waals surface area contributed by atoms with Crippen LogP contribution in [0.2, 0.25) is 0 Å². The van der Waals surface area contributed by atoms with Gasteiger partial charge in [-0.3, -0.25) is 4.79 Å². The van der Waals surface area contributed by atoms with E-state index >= 15 is 0 Å². The molecule has 0 aliphatic heterocycles. The Hall–Kier alpha value is -2.53. The Balaban J connectivity index is 2.38. The lowest BCUT2D eigenvalue weighted by atomic mass is 10.1. The monoisotopic (exact) mass is 286 g/mol. The van der Waals surface area contributed by atoms with Crippen LogP contribution in [0.1, 0.15) is 22.8 Å². The Morgan fingerprint density at radius 2 is 2.00 bits per heavy atom. The highest BCUT2D eigenvalue weighted by Gasteiger charge is 2.14. The third kappa shape index (κ3) is 3.52. The Kier molecular flexibility index (Phi) is 4.79. The molecule has 5 nitrogen and oxygen atoms in total. The molecular weight excluding hydrogens is 268 g/mol. The number of para-hydroxylation sites is 1. The summed E-state index contributed by atoms with van der Waals surface area (Å²) in [5.41, 5.74) is 7.31. The predicted molar refractivity (Wildman–Crippen MR) is 81.3 cm³/mol. The maximum absolute atomic E-state index is 12.0. The number of nitrogens with two attached hydrogens (primary N) is 1. The van der Waals surface area contributed by atoms with E-state index in [-0.39, 0.29) is 12.5 Å². The van der Waals surface area contributed by atoms with Crippen LogP contribution >= 0.6 is 0 Å². The Morgan fingerprint density at radius 1 is 1.24 bits per heavy atom. The van der Waals surface area contributed by atoms with E-state index in [1.807, 2.05) is 13.0 Å². The quantitative estimate of drug-likeness (QED) is 0.736. The number of benzene rings is 2. The fraction of sp³-hybridized carbons (Fsp3) is 0.188. The Labute approximate surface area is 123 Å². The first-order valence-corrected chi connectivity index (χ1v) is 6.70. The highest BCUT2D eigenvalue weighted by atomic mass is 16.5. The molecule has 0 aliphatic rings. The van der Waals surface area contributed by atoms with E-state index in [4.69, 9.17) is 10.5 Å². The van der Waals surface area contributed by atoms with Gasteiger partial charge in [-0.25, -0.2) is 0 Å². The number of nitrogens with one attached hydrogen (secondary N) is 1. The van der Waals surface area contributed by atoms with Gasteiger partial charge in [0.25, 0.3) is 5.91 Å². The summed E-state index contributed by atoms with van der Waals surface area (Å²) >= 11 is 0. The van der Waals surface area contributed by atoms with E-state index in [0.29, 0.717) is 34.9 Å². The van der Waals surface area contributed by atoms with Gasteiger partial charge in [-0.05, 0) is 25.1 Å². The van der Waals surface area contributed by atoms with Crippen molar-refractivity contribution in [1.82, 2.24) is 5.32 Å². The molecule has 4 N–H and O–H groups in total. The van der Waals surface area contributed by atoms with Crippen molar-refractivity contribution in [1.29, 1.82) is 0 Å². The maximum Gasteiger partial charge on any atom is 0.255 e. The van der Waals surface area contributed by atoms with Crippen LogP contribution in [0.4, 0.5) is 5.69 Å². The highest BCUT2D eigenvalue weighted by molar-refractivity contribution is 5.97. The van der Waals surface area contributed by atoms with E-state index in [0.717, 1.165) is 0 Å². The zero-order valence-corrected chi connectivity index (χ0v) is 11.8. The first-order valence-electron chi connectivity index (χ1n) is 6.70. The number of aliphatic hydroxyl groups excluding tert-OH is 1. The van der Waals surface area contributed by atoms with Crippen LogP contribution in [0.25, 0.3) is 0 Å². The van der Waals surface area contributed by atoms with Gasteiger partial charge < -0.3 is 20.9 Å². The minimum atomic E-state index is -0.228. The zero-order chi connectivity index (χ0) is 15.2. The van der Waals surface area contributed by atoms with E-state index in [9.17, 15) is 9.90 Å². The molecular formula is C16H18N2O3. The SMILES string of the molecule is CCNC(=O)c1ccc(N)cc1Oc1ccccc1CO. The summed E-state index contributed by atoms with van der Waals surface area (Å²) in [4.78, 5) is 12.0. The lowest BCUT2D eigenvalue weighted by Crippen LogP contribution is -2.23. The van der Waals surface area contributed by atoms with Gasteiger partial charge in [-0.2, -0.15) is 0 Å². The van der Waals surface area contributed by atoms with Gasteiger partial charge in [-0.15, -0.1) is 0 Å². The zero-order valence-electron chi connectivity index (χ0n) is 11.8. The van der Waals surface area contributed by atoms with Gasteiger partial charge in [0.2, 0.25) is 0 Å². The summed E-state index contributed by atoms with van der Waals surface area (Å²) in [5.74, 6) is 0.631. The van der Waals surface area contributed by atoms with Crippen molar-refractivity contribution < 1.29 is 14.6 Å². The molecule has 0 aliphatic carbocycles. The molecule has 0 saturated heterocycles. The van der Waals surface area contributed by atoms with E-state index in [1.54, 1.807) is 36.4 Å². The molecule has 0 radical (unpaired) electrons. The molecule has 0 fully saturated rings. The molecule has 0 aromatic heterocycles. The molecule has 5 heteroatoms. The van der Waals surface area contributed by atoms with Crippen molar-refractivity contribution in [3.8, 4) is 11.5 Å². The van der Waals surface area contributed by atoms with Crippen molar-refractivity contribution in [3.63, 3.8) is 0 Å². The predicted octanol–water partition coefficient (Wildman–Crippen LogP) is 2.30. The summed E-state index contributed by atoms with van der Waals surface area (Å²) in [5, 5.41) is 12.1.